The van der Waals surface area contributed by atoms with Gasteiger partial charge in [-0.05, 0) is 43.0 Å². The van der Waals surface area contributed by atoms with Crippen molar-refractivity contribution in [2.24, 2.45) is 5.92 Å². The Morgan fingerprint density at radius 3 is 2.35 bits per heavy atom. The number of guanidine groups is 1. The fourth-order valence-corrected chi connectivity index (χ4v) is 6.11. The van der Waals surface area contributed by atoms with Crippen molar-refractivity contribution in [1.82, 2.24) is 10.2 Å². The van der Waals surface area contributed by atoms with Crippen molar-refractivity contribution in [2.75, 3.05) is 11.0 Å². The van der Waals surface area contributed by atoms with Gasteiger partial charge in [0.25, 0.3) is 5.92 Å². The summed E-state index contributed by atoms with van der Waals surface area (Å²) in [5, 5.41) is 19.2. The molecule has 0 unspecified atom stereocenters. The minimum Gasteiger partial charge on any atom is -0.475 e. The molecular weight excluding hydrogens is 623 g/mol. The Morgan fingerprint density at radius 2 is 1.81 bits per heavy atom. The van der Waals surface area contributed by atoms with Crippen molar-refractivity contribution < 1.29 is 45.1 Å². The summed E-state index contributed by atoms with van der Waals surface area (Å²) in [7, 11) is -3.46. The molecular formula is C27H30ClF5N4O5S. The maximum absolute atomic E-state index is 14.0. The number of benzene rings is 2. The molecule has 1 saturated heterocycles. The maximum atomic E-state index is 14.0. The van der Waals surface area contributed by atoms with Gasteiger partial charge in [0.1, 0.15) is 0 Å². The molecule has 2 aliphatic rings. The number of sulfonamides is 1. The van der Waals surface area contributed by atoms with Crippen molar-refractivity contribution in [3.63, 3.8) is 0 Å². The summed E-state index contributed by atoms with van der Waals surface area (Å²) in [5.41, 5.74) is 1.31. The topological polar surface area (TPSA) is 140 Å². The van der Waals surface area contributed by atoms with E-state index in [-0.39, 0.29) is 37.6 Å². The van der Waals surface area contributed by atoms with Crippen molar-refractivity contribution >= 4 is 45.1 Å². The van der Waals surface area contributed by atoms with Crippen LogP contribution in [-0.2, 0) is 25.2 Å². The van der Waals surface area contributed by atoms with E-state index >= 15 is 0 Å². The zero-order chi connectivity index (χ0) is 32.5. The molecule has 1 heterocycles. The minimum absolute atomic E-state index is 0.00446. The van der Waals surface area contributed by atoms with E-state index in [2.05, 4.69) is 10.0 Å². The number of anilines is 1. The zero-order valence-electron chi connectivity index (χ0n) is 23.2. The number of rotatable bonds is 5. The predicted octanol–water partition coefficient (Wildman–Crippen LogP) is 5.81. The Balaban J connectivity index is 0.000000646. The summed E-state index contributed by atoms with van der Waals surface area (Å²) in [6.45, 7) is 3.26. The average Bonchev–Trinajstić information content (AvgIpc) is 2.85. The number of aliphatic carboxylic acids is 1. The Hall–Kier alpha value is -3.46. The largest absolute Gasteiger partial charge is 0.490 e. The lowest BCUT2D eigenvalue weighted by molar-refractivity contribution is -0.192. The molecule has 0 bridgehead atoms. The molecule has 1 saturated carbocycles. The summed E-state index contributed by atoms with van der Waals surface area (Å²) in [6.07, 6.45) is -4.06. The maximum Gasteiger partial charge on any atom is 0.490 e. The summed E-state index contributed by atoms with van der Waals surface area (Å²) >= 11 is 6.83. The van der Waals surface area contributed by atoms with Crippen molar-refractivity contribution in [2.45, 2.75) is 63.2 Å². The van der Waals surface area contributed by atoms with Crippen LogP contribution in [0.2, 0.25) is 5.02 Å². The molecule has 2 aromatic carbocycles. The number of carboxylic acids is 1. The first kappa shape index (κ1) is 34.0. The molecule has 2 aromatic rings. The van der Waals surface area contributed by atoms with E-state index in [9.17, 15) is 35.2 Å². The second kappa shape index (κ2) is 12.3. The number of nitrogens with zero attached hydrogens (tertiary/aromatic N) is 1. The summed E-state index contributed by atoms with van der Waals surface area (Å²) in [5.74, 6) is -6.83. The molecule has 3 atom stereocenters. The number of carbonyl (C=O) groups excluding carboxylic acids is 1. The van der Waals surface area contributed by atoms with Gasteiger partial charge in [-0.15, -0.1) is 0 Å². The number of carboxylic acid groups (broad SMARTS) is 1. The molecule has 0 spiro atoms. The number of amides is 1. The standard InChI is InChI=1S/C25H29ClF2N4O3S.C2HF3O2/c1-15-12-18(10-11-25(15,27)28)32-21(33)14-24(2,30-23(32)29)20-9-5-8-19(22(20)26)16-6-4-7-17(13-16)31-36(3,34)35;3-2(4,5)1(6)7/h4-9,13,15,18,31H,10-12,14H2,1-3H3,(H2,29,30);(H,6,7)/t15-,18-,24-;/m0./s1. The third-order valence-corrected chi connectivity index (χ3v) is 8.26. The molecule has 4 rings (SSSR count). The van der Waals surface area contributed by atoms with Crippen LogP contribution in [0, 0.1) is 11.3 Å². The number of halogens is 6. The Kier molecular flexibility index (Phi) is 9.71. The lowest BCUT2D eigenvalue weighted by Crippen LogP contribution is -2.63. The lowest BCUT2D eigenvalue weighted by Gasteiger charge is -2.46. The van der Waals surface area contributed by atoms with Crippen LogP contribution in [-0.4, -0.2) is 60.7 Å². The van der Waals surface area contributed by atoms with Gasteiger partial charge in [-0.3, -0.25) is 19.8 Å². The van der Waals surface area contributed by atoms with Crippen LogP contribution >= 0.6 is 11.6 Å². The molecule has 0 radical (unpaired) electrons. The average molecular weight is 653 g/mol. The SMILES string of the molecule is C[C@H]1C[C@@H](N2C(=N)N[C@](C)(c3cccc(-c4cccc(NS(C)(=O)=O)c4)c3Cl)CC2=O)CCC1(F)F.O=C(O)C(F)(F)F. The highest BCUT2D eigenvalue weighted by Crippen LogP contribution is 2.43. The van der Waals surface area contributed by atoms with Crippen molar-refractivity contribution in [3.05, 3.63) is 53.1 Å². The Morgan fingerprint density at radius 1 is 1.21 bits per heavy atom. The number of hydrogen-bond donors (Lipinski definition) is 4. The number of alkyl halides is 5. The first-order valence-corrected chi connectivity index (χ1v) is 15.2. The second-order valence-corrected chi connectivity index (χ2v) is 12.9. The minimum atomic E-state index is -5.08. The molecule has 43 heavy (non-hydrogen) atoms. The number of carbonyl (C=O) groups is 2. The van der Waals surface area contributed by atoms with Crippen LogP contribution in [0.4, 0.5) is 27.6 Å². The molecule has 4 N–H and O–H groups in total. The highest BCUT2D eigenvalue weighted by atomic mass is 35.5. The molecule has 1 aliphatic carbocycles. The molecule has 236 valence electrons. The van der Waals surface area contributed by atoms with Crippen LogP contribution in [0.1, 0.15) is 45.1 Å². The van der Waals surface area contributed by atoms with E-state index in [1.807, 2.05) is 0 Å². The van der Waals surface area contributed by atoms with Gasteiger partial charge in [0.05, 0.1) is 23.2 Å². The molecule has 1 aliphatic heterocycles. The van der Waals surface area contributed by atoms with Gasteiger partial charge in [0.2, 0.25) is 15.9 Å². The van der Waals surface area contributed by atoms with Gasteiger partial charge in [-0.1, -0.05) is 48.9 Å². The monoisotopic (exact) mass is 652 g/mol. The van der Waals surface area contributed by atoms with E-state index in [1.165, 1.54) is 11.8 Å². The van der Waals surface area contributed by atoms with Gasteiger partial charge < -0.3 is 10.4 Å². The van der Waals surface area contributed by atoms with Crippen LogP contribution in [0.3, 0.4) is 0 Å². The normalized spacial score (nSPS) is 24.0. The fraction of sp³-hybridized carbons (Fsp3) is 0.444. The molecule has 2 fully saturated rings. The second-order valence-electron chi connectivity index (χ2n) is 10.8. The van der Waals surface area contributed by atoms with E-state index in [0.717, 1.165) is 6.26 Å². The first-order chi connectivity index (χ1) is 19.6. The smallest absolute Gasteiger partial charge is 0.475 e. The third kappa shape index (κ3) is 8.13. The van der Waals surface area contributed by atoms with Gasteiger partial charge in [-0.25, -0.2) is 22.0 Å². The van der Waals surface area contributed by atoms with Crippen molar-refractivity contribution in [3.8, 4) is 11.1 Å². The summed E-state index contributed by atoms with van der Waals surface area (Å²) < 4.78 is 85.4. The van der Waals surface area contributed by atoms with Gasteiger partial charge in [-0.2, -0.15) is 13.2 Å². The highest BCUT2D eigenvalue weighted by Gasteiger charge is 2.48. The van der Waals surface area contributed by atoms with Crippen LogP contribution in [0.15, 0.2) is 42.5 Å². The van der Waals surface area contributed by atoms with E-state index in [1.54, 1.807) is 49.4 Å². The van der Waals surface area contributed by atoms with Gasteiger partial charge in [0, 0.05) is 29.6 Å². The van der Waals surface area contributed by atoms with Crippen molar-refractivity contribution in [1.29, 1.82) is 5.41 Å². The lowest BCUT2D eigenvalue weighted by atomic mass is 9.81. The van der Waals surface area contributed by atoms with Crippen LogP contribution in [0.5, 0.6) is 0 Å². The fourth-order valence-electron chi connectivity index (χ4n) is 5.11. The van der Waals surface area contributed by atoms with E-state index in [0.29, 0.717) is 27.4 Å². The van der Waals surface area contributed by atoms with E-state index in [4.69, 9.17) is 26.9 Å². The van der Waals surface area contributed by atoms with Crippen LogP contribution < -0.4 is 10.0 Å². The first-order valence-electron chi connectivity index (χ1n) is 12.9. The molecule has 1 amide bonds. The number of nitrogens with one attached hydrogen (secondary N) is 3. The van der Waals surface area contributed by atoms with Crippen LogP contribution in [0.25, 0.3) is 11.1 Å². The van der Waals surface area contributed by atoms with E-state index < -0.39 is 45.6 Å². The third-order valence-electron chi connectivity index (χ3n) is 7.24. The van der Waals surface area contributed by atoms with Gasteiger partial charge in [0.15, 0.2) is 5.96 Å². The Labute approximate surface area is 250 Å². The Bertz CT molecular complexity index is 1500. The molecule has 0 aromatic heterocycles. The summed E-state index contributed by atoms with van der Waals surface area (Å²) in [6, 6.07) is 11.7. The highest BCUT2D eigenvalue weighted by molar-refractivity contribution is 7.92. The molecule has 9 nitrogen and oxygen atoms in total. The van der Waals surface area contributed by atoms with Gasteiger partial charge >= 0.3 is 12.1 Å². The predicted molar refractivity (Wildman–Crippen MR) is 150 cm³/mol. The quantitative estimate of drug-likeness (QED) is 0.301. The number of hydrogen-bond acceptors (Lipinski definition) is 5. The molecule has 16 heteroatoms. The zero-order valence-corrected chi connectivity index (χ0v) is 24.8. The summed E-state index contributed by atoms with van der Waals surface area (Å²) in [4.78, 5) is 23.5.